The number of hydrogen-bond acceptors (Lipinski definition) is 5. The molecule has 2 aromatic rings. The van der Waals surface area contributed by atoms with Crippen LogP contribution in [0.3, 0.4) is 0 Å². The molecular formula is C22H26FN3O5S. The zero-order chi connectivity index (χ0) is 23.0. The van der Waals surface area contributed by atoms with Gasteiger partial charge in [-0.3, -0.25) is 4.68 Å². The second kappa shape index (κ2) is 8.67. The Morgan fingerprint density at radius 3 is 2.75 bits per heavy atom. The molecule has 2 aliphatic rings. The van der Waals surface area contributed by atoms with E-state index in [1.165, 1.54) is 4.31 Å². The van der Waals surface area contributed by atoms with Gasteiger partial charge >= 0.3 is 5.97 Å². The summed E-state index contributed by atoms with van der Waals surface area (Å²) in [5.41, 5.74) is 0.426. The fourth-order valence-corrected chi connectivity index (χ4v) is 6.17. The number of halogens is 1. The topological polar surface area (TPSA) is 102 Å². The molecule has 32 heavy (non-hydrogen) atoms. The molecule has 0 saturated carbocycles. The quantitative estimate of drug-likeness (QED) is 0.677. The van der Waals surface area contributed by atoms with Crippen molar-refractivity contribution in [3.8, 4) is 0 Å². The number of ether oxygens (including phenoxy) is 1. The molecule has 1 aliphatic heterocycles. The van der Waals surface area contributed by atoms with E-state index in [0.717, 1.165) is 0 Å². The highest BCUT2D eigenvalue weighted by Crippen LogP contribution is 2.36. The lowest BCUT2D eigenvalue weighted by atomic mass is 10.1. The molecule has 0 radical (unpaired) electrons. The van der Waals surface area contributed by atoms with Gasteiger partial charge in [0, 0.05) is 18.5 Å². The number of carbonyl (C=O) groups is 1. The largest absolute Gasteiger partial charge is 0.494 e. The summed E-state index contributed by atoms with van der Waals surface area (Å²) in [6, 6.07) is 6.50. The van der Waals surface area contributed by atoms with Crippen molar-refractivity contribution in [1.82, 2.24) is 14.1 Å². The van der Waals surface area contributed by atoms with Crippen LogP contribution in [-0.4, -0.2) is 58.5 Å². The van der Waals surface area contributed by atoms with Crippen molar-refractivity contribution >= 4 is 26.9 Å². The van der Waals surface area contributed by atoms with Gasteiger partial charge in [0.1, 0.15) is 11.5 Å². The maximum absolute atomic E-state index is 14.4. The first-order valence-corrected chi connectivity index (χ1v) is 12.1. The summed E-state index contributed by atoms with van der Waals surface area (Å²) in [5.74, 6) is -1.03. The Hall–Kier alpha value is -2.72. The number of benzene rings is 1. The lowest BCUT2D eigenvalue weighted by molar-refractivity contribution is -0.143. The van der Waals surface area contributed by atoms with E-state index in [-0.39, 0.29) is 24.2 Å². The lowest BCUT2D eigenvalue weighted by Gasteiger charge is -2.23. The number of aliphatic carboxylic acids is 1. The third kappa shape index (κ3) is 3.93. The molecule has 4 rings (SSSR count). The molecule has 1 saturated heterocycles. The second-order valence-corrected chi connectivity index (χ2v) is 10.3. The van der Waals surface area contributed by atoms with Gasteiger partial charge in [-0.1, -0.05) is 31.2 Å². The van der Waals surface area contributed by atoms with Gasteiger partial charge in [0.25, 0.3) is 0 Å². The van der Waals surface area contributed by atoms with Gasteiger partial charge in [-0.2, -0.15) is 9.40 Å². The Kier molecular flexibility index (Phi) is 6.09. The van der Waals surface area contributed by atoms with E-state index in [0.29, 0.717) is 36.2 Å². The van der Waals surface area contributed by atoms with E-state index in [2.05, 4.69) is 5.10 Å². The van der Waals surface area contributed by atoms with Gasteiger partial charge in [-0.15, -0.1) is 0 Å². The summed E-state index contributed by atoms with van der Waals surface area (Å²) in [6.07, 6.45) is 3.20. The molecule has 2 heterocycles. The van der Waals surface area contributed by atoms with Crippen LogP contribution in [0.5, 0.6) is 0 Å². The molecule has 1 aromatic carbocycles. The average molecular weight is 464 g/mol. The Balaban J connectivity index is 1.61. The molecule has 0 amide bonds. The molecule has 0 bridgehead atoms. The SMILES string of the molecule is CCOC1=CCC(S(=O)(=O)N2C[C@@H](C)[C@@H](n3nc(C(F)C(=O)O)c4ccccc43)C2)C=C1. The van der Waals surface area contributed by atoms with Crippen LogP contribution in [0, 0.1) is 5.92 Å². The van der Waals surface area contributed by atoms with Crippen LogP contribution in [0.4, 0.5) is 4.39 Å². The van der Waals surface area contributed by atoms with Crippen LogP contribution in [0.2, 0.25) is 0 Å². The van der Waals surface area contributed by atoms with Crippen LogP contribution in [0.25, 0.3) is 10.9 Å². The van der Waals surface area contributed by atoms with E-state index >= 15 is 0 Å². The summed E-state index contributed by atoms with van der Waals surface area (Å²) in [7, 11) is -3.61. The molecule has 0 spiro atoms. The summed E-state index contributed by atoms with van der Waals surface area (Å²) >= 11 is 0. The predicted molar refractivity (Wildman–Crippen MR) is 117 cm³/mol. The number of hydrogen-bond donors (Lipinski definition) is 1. The number of sulfonamides is 1. The number of rotatable bonds is 7. The molecular weight excluding hydrogens is 437 g/mol. The van der Waals surface area contributed by atoms with E-state index in [4.69, 9.17) is 9.84 Å². The van der Waals surface area contributed by atoms with Gasteiger partial charge in [0.15, 0.2) is 0 Å². The van der Waals surface area contributed by atoms with Crippen molar-refractivity contribution < 1.29 is 27.4 Å². The van der Waals surface area contributed by atoms with Crippen molar-refractivity contribution in [3.63, 3.8) is 0 Å². The highest BCUT2D eigenvalue weighted by atomic mass is 32.2. The summed E-state index contributed by atoms with van der Waals surface area (Å²) in [4.78, 5) is 11.2. The Morgan fingerprint density at radius 1 is 1.34 bits per heavy atom. The molecule has 1 aliphatic carbocycles. The van der Waals surface area contributed by atoms with Gasteiger partial charge in [-0.25, -0.2) is 17.6 Å². The number of nitrogens with zero attached hydrogens (tertiary/aromatic N) is 3. The van der Waals surface area contributed by atoms with E-state index < -0.39 is 27.4 Å². The third-order valence-corrected chi connectivity index (χ3v) is 8.17. The van der Waals surface area contributed by atoms with Crippen LogP contribution in [0.15, 0.2) is 48.3 Å². The monoisotopic (exact) mass is 463 g/mol. The standard InChI is InChI=1S/C22H26FN3O5S/c1-3-31-15-8-10-16(11-9-15)32(29,30)25-12-14(2)19(13-25)26-18-7-5-4-6-17(18)21(24-26)20(23)22(27)28/h4-10,14,16,19-20H,3,11-13H2,1-2H3,(H,27,28)/t14-,16?,19+,20?/m1/s1. The highest BCUT2D eigenvalue weighted by Gasteiger charge is 2.42. The number of aromatic nitrogens is 2. The van der Waals surface area contributed by atoms with Crippen molar-refractivity contribution in [1.29, 1.82) is 0 Å². The Morgan fingerprint density at radius 2 is 2.09 bits per heavy atom. The molecule has 1 N–H and O–H groups in total. The number of carboxylic acids is 1. The van der Waals surface area contributed by atoms with E-state index in [9.17, 15) is 17.6 Å². The van der Waals surface area contributed by atoms with Gasteiger partial charge in [-0.05, 0) is 37.5 Å². The van der Waals surface area contributed by atoms with Crippen molar-refractivity contribution in [2.24, 2.45) is 5.92 Å². The molecule has 8 nitrogen and oxygen atoms in total. The summed E-state index contributed by atoms with van der Waals surface area (Å²) < 4.78 is 49.4. The fourth-order valence-electron chi connectivity index (χ4n) is 4.37. The average Bonchev–Trinajstić information content (AvgIpc) is 3.35. The van der Waals surface area contributed by atoms with E-state index in [1.807, 2.05) is 13.8 Å². The normalized spacial score (nSPS) is 25.1. The maximum Gasteiger partial charge on any atom is 0.344 e. The highest BCUT2D eigenvalue weighted by molar-refractivity contribution is 7.89. The van der Waals surface area contributed by atoms with Crippen molar-refractivity contribution in [2.75, 3.05) is 19.7 Å². The first-order chi connectivity index (χ1) is 15.2. The number of para-hydroxylation sites is 1. The maximum atomic E-state index is 14.4. The molecule has 10 heteroatoms. The Labute approximate surface area is 186 Å². The van der Waals surface area contributed by atoms with Crippen LogP contribution in [-0.2, 0) is 19.6 Å². The van der Waals surface area contributed by atoms with Crippen LogP contribution < -0.4 is 0 Å². The number of fused-ring (bicyclic) bond motifs is 1. The first-order valence-electron chi connectivity index (χ1n) is 10.6. The molecule has 172 valence electrons. The van der Waals surface area contributed by atoms with Gasteiger partial charge < -0.3 is 9.84 Å². The fraction of sp³-hybridized carbons (Fsp3) is 0.455. The summed E-state index contributed by atoms with van der Waals surface area (Å²) in [5, 5.41) is 13.2. The van der Waals surface area contributed by atoms with E-state index in [1.54, 1.807) is 47.2 Å². The minimum atomic E-state index is -3.61. The number of alkyl halides is 1. The predicted octanol–water partition coefficient (Wildman–Crippen LogP) is 3.20. The smallest absolute Gasteiger partial charge is 0.344 e. The molecule has 1 fully saturated rings. The summed E-state index contributed by atoms with van der Waals surface area (Å²) in [6.45, 7) is 4.80. The lowest BCUT2D eigenvalue weighted by Crippen LogP contribution is -2.37. The zero-order valence-corrected chi connectivity index (χ0v) is 18.7. The number of carboxylic acid groups (broad SMARTS) is 1. The molecule has 1 aromatic heterocycles. The van der Waals surface area contributed by atoms with Crippen LogP contribution >= 0.6 is 0 Å². The number of allylic oxidation sites excluding steroid dienone is 2. The molecule has 2 unspecified atom stereocenters. The van der Waals surface area contributed by atoms with Gasteiger partial charge in [0.05, 0.1) is 23.4 Å². The minimum absolute atomic E-state index is 0.0917. The second-order valence-electron chi connectivity index (χ2n) is 8.13. The van der Waals surface area contributed by atoms with Gasteiger partial charge in [0.2, 0.25) is 16.2 Å². The van der Waals surface area contributed by atoms with Crippen molar-refractivity contribution in [3.05, 3.63) is 53.9 Å². The first kappa shape index (κ1) is 22.5. The molecule has 4 atom stereocenters. The third-order valence-electron chi connectivity index (χ3n) is 6.03. The minimum Gasteiger partial charge on any atom is -0.494 e. The zero-order valence-electron chi connectivity index (χ0n) is 17.9. The van der Waals surface area contributed by atoms with Crippen LogP contribution in [0.1, 0.15) is 38.2 Å². The Bertz CT molecular complexity index is 1190. The van der Waals surface area contributed by atoms with Crippen molar-refractivity contribution in [2.45, 2.75) is 37.7 Å².